The van der Waals surface area contributed by atoms with E-state index in [0.29, 0.717) is 17.4 Å². The molecular weight excluding hydrogens is 963 g/mol. The number of aromatic nitrogens is 2. The first-order chi connectivity index (χ1) is 39.1. The standard InChI is InChI=1S/C73H49N5O/c1-46(47-21-7-3-8-22-47)75-73(76-72(74-2)51-27-13-6-14-28-51)61-45-67(78-63-36-18-16-31-55(63)60-44-53(39-41-65(60)78)49-25-11-5-12-26-49)71-69-57(33-20-34-58(61)69)56-32-19-29-50-37-42-66(70(79-71)68(50)56)77-62-35-17-15-30-54(62)59-43-52(38-40-64(59)77)48-23-9-4-10-24-48/h3-45H,1H2,2H3,(H,74,75,76). The predicted molar refractivity (Wildman–Crippen MR) is 332 cm³/mol. The van der Waals surface area contributed by atoms with Gasteiger partial charge in [0.25, 0.3) is 0 Å². The summed E-state index contributed by atoms with van der Waals surface area (Å²) >= 11 is 0. The number of nitrogens with zero attached hydrogens (tertiary/aromatic N) is 4. The van der Waals surface area contributed by atoms with Crippen molar-refractivity contribution in [2.24, 2.45) is 9.98 Å². The van der Waals surface area contributed by atoms with E-state index in [4.69, 9.17) is 14.4 Å². The monoisotopic (exact) mass is 1010 g/mol. The van der Waals surface area contributed by atoms with Crippen molar-refractivity contribution in [1.29, 1.82) is 0 Å². The fourth-order valence-electron chi connectivity index (χ4n) is 12.1. The quantitative estimate of drug-likeness (QED) is 0.122. The highest BCUT2D eigenvalue weighted by atomic mass is 16.3. The number of rotatable bonds is 8. The van der Waals surface area contributed by atoms with Crippen LogP contribution in [0.1, 0.15) is 16.7 Å². The van der Waals surface area contributed by atoms with E-state index >= 15 is 0 Å². The first kappa shape index (κ1) is 45.8. The molecule has 15 aromatic rings. The average molecular weight is 1010 g/mol. The highest BCUT2D eigenvalue weighted by Crippen LogP contribution is 2.46. The lowest BCUT2D eigenvalue weighted by Gasteiger charge is -2.17. The third-order valence-electron chi connectivity index (χ3n) is 15.7. The van der Waals surface area contributed by atoms with Gasteiger partial charge in [0, 0.05) is 50.5 Å². The van der Waals surface area contributed by atoms with Gasteiger partial charge in [-0.3, -0.25) is 0 Å². The van der Waals surface area contributed by atoms with Crippen molar-refractivity contribution in [2.45, 2.75) is 0 Å². The van der Waals surface area contributed by atoms with Crippen molar-refractivity contribution in [3.8, 4) is 33.6 Å². The topological polar surface area (TPSA) is 59.8 Å². The summed E-state index contributed by atoms with van der Waals surface area (Å²) in [6.07, 6.45) is 0. The molecule has 0 aliphatic rings. The van der Waals surface area contributed by atoms with Crippen molar-refractivity contribution in [2.75, 3.05) is 7.05 Å². The zero-order valence-corrected chi connectivity index (χ0v) is 43.2. The summed E-state index contributed by atoms with van der Waals surface area (Å²) in [7, 11) is 1.91. The molecular formula is C73H49N5O. The SMILES string of the molecule is C=C(N=C(N=C(NC)c1ccccc1)c1cc(-n2c3ccccc3c3cc(-c4ccccc4)ccc32)c2oc3c(-n4c5ccccc5c5cc(-c6ccccc6)ccc54)ccc4cccc(c5cccc1c25)c43)c1ccccc1. The lowest BCUT2D eigenvalue weighted by Crippen LogP contribution is -2.21. The largest absolute Gasteiger partial charge is 0.452 e. The normalized spacial score (nSPS) is 12.3. The number of nitrogens with one attached hydrogen (secondary N) is 1. The molecule has 15 rings (SSSR count). The number of aliphatic imine (C=N–C) groups is 2. The van der Waals surface area contributed by atoms with E-state index in [0.717, 1.165) is 116 Å². The molecule has 372 valence electrons. The molecule has 0 atom stereocenters. The molecule has 12 aromatic carbocycles. The van der Waals surface area contributed by atoms with Crippen LogP contribution in [0.25, 0.3) is 126 Å². The van der Waals surface area contributed by atoms with Crippen molar-refractivity contribution in [3.05, 3.63) is 284 Å². The van der Waals surface area contributed by atoms with E-state index in [1.54, 1.807) is 0 Å². The van der Waals surface area contributed by atoms with E-state index in [2.05, 4.69) is 233 Å². The highest BCUT2D eigenvalue weighted by molar-refractivity contribution is 6.29. The molecule has 0 saturated heterocycles. The first-order valence-electron chi connectivity index (χ1n) is 26.7. The van der Waals surface area contributed by atoms with Crippen LogP contribution in [0.5, 0.6) is 0 Å². The molecule has 0 bridgehead atoms. The Hall–Kier alpha value is -10.6. The minimum absolute atomic E-state index is 0.500. The summed E-state index contributed by atoms with van der Waals surface area (Å²) in [6, 6.07) is 92.6. The molecule has 0 saturated carbocycles. The van der Waals surface area contributed by atoms with Gasteiger partial charge in [-0.15, -0.1) is 0 Å². The molecule has 6 heteroatoms. The molecule has 0 fully saturated rings. The van der Waals surface area contributed by atoms with Crippen molar-refractivity contribution >= 4 is 104 Å². The van der Waals surface area contributed by atoms with Crippen LogP contribution in [-0.4, -0.2) is 27.9 Å². The summed E-state index contributed by atoms with van der Waals surface area (Å²) in [5.41, 5.74) is 15.4. The van der Waals surface area contributed by atoms with Crippen molar-refractivity contribution in [3.63, 3.8) is 0 Å². The third kappa shape index (κ3) is 7.48. The Morgan fingerprint density at radius 1 is 0.380 bits per heavy atom. The van der Waals surface area contributed by atoms with E-state index in [-0.39, 0.29) is 0 Å². The molecule has 79 heavy (non-hydrogen) atoms. The van der Waals surface area contributed by atoms with Crippen LogP contribution in [-0.2, 0) is 0 Å². The maximum absolute atomic E-state index is 8.05. The van der Waals surface area contributed by atoms with E-state index in [1.807, 2.05) is 55.6 Å². The summed E-state index contributed by atoms with van der Waals surface area (Å²) < 4.78 is 12.8. The Balaban J connectivity index is 1.11. The molecule has 0 aliphatic heterocycles. The summed E-state index contributed by atoms with van der Waals surface area (Å²) in [5, 5.41) is 14.1. The molecule has 3 aromatic heterocycles. The van der Waals surface area contributed by atoms with Crippen LogP contribution < -0.4 is 5.32 Å². The van der Waals surface area contributed by atoms with Crippen LogP contribution in [0.4, 0.5) is 0 Å². The van der Waals surface area contributed by atoms with Gasteiger partial charge in [0.2, 0.25) is 0 Å². The number of benzene rings is 12. The second-order valence-corrected chi connectivity index (χ2v) is 20.1. The van der Waals surface area contributed by atoms with Crippen molar-refractivity contribution < 1.29 is 4.42 Å². The Morgan fingerprint density at radius 2 is 0.861 bits per heavy atom. The Bertz CT molecular complexity index is 4990. The van der Waals surface area contributed by atoms with Gasteiger partial charge >= 0.3 is 0 Å². The van der Waals surface area contributed by atoms with Gasteiger partial charge in [0.1, 0.15) is 5.84 Å². The lowest BCUT2D eigenvalue weighted by atomic mass is 9.95. The second kappa shape index (κ2) is 18.6. The van der Waals surface area contributed by atoms with E-state index < -0.39 is 0 Å². The zero-order valence-electron chi connectivity index (χ0n) is 43.2. The van der Waals surface area contributed by atoms with Gasteiger partial charge in [-0.25, -0.2) is 9.98 Å². The van der Waals surface area contributed by atoms with Crippen LogP contribution >= 0.6 is 0 Å². The molecule has 0 spiro atoms. The summed E-state index contributed by atoms with van der Waals surface area (Å²) in [6.45, 7) is 4.58. The van der Waals surface area contributed by atoms with Crippen LogP contribution in [0.15, 0.2) is 282 Å². The maximum Gasteiger partial charge on any atom is 0.162 e. The van der Waals surface area contributed by atoms with Crippen LogP contribution in [0, 0.1) is 0 Å². The second-order valence-electron chi connectivity index (χ2n) is 20.1. The zero-order chi connectivity index (χ0) is 52.6. The predicted octanol–water partition coefficient (Wildman–Crippen LogP) is 18.5. The molecule has 3 heterocycles. The number of para-hydroxylation sites is 2. The van der Waals surface area contributed by atoms with Gasteiger partial charge in [0.15, 0.2) is 17.0 Å². The van der Waals surface area contributed by atoms with E-state index in [9.17, 15) is 0 Å². The maximum atomic E-state index is 8.05. The highest BCUT2D eigenvalue weighted by Gasteiger charge is 2.26. The van der Waals surface area contributed by atoms with E-state index in [1.165, 1.54) is 21.9 Å². The summed E-state index contributed by atoms with van der Waals surface area (Å²) in [5.74, 6) is 1.17. The number of hydrogen-bond donors (Lipinski definition) is 1. The third-order valence-corrected chi connectivity index (χ3v) is 15.7. The Labute approximate surface area is 455 Å². The first-order valence-corrected chi connectivity index (χ1v) is 26.7. The van der Waals surface area contributed by atoms with Gasteiger partial charge in [0.05, 0.1) is 39.1 Å². The molecule has 0 unspecified atom stereocenters. The molecule has 6 nitrogen and oxygen atoms in total. The minimum atomic E-state index is 0.500. The van der Waals surface area contributed by atoms with Crippen molar-refractivity contribution in [1.82, 2.24) is 14.5 Å². The average Bonchev–Trinajstić information content (AvgIpc) is 4.23. The fraction of sp³-hybridized carbons (Fsp3) is 0.0137. The Kier molecular flexibility index (Phi) is 10.8. The molecule has 0 aliphatic carbocycles. The number of hydrogen-bond acceptors (Lipinski definition) is 2. The molecule has 0 radical (unpaired) electrons. The van der Waals surface area contributed by atoms with Crippen LogP contribution in [0.3, 0.4) is 0 Å². The minimum Gasteiger partial charge on any atom is -0.452 e. The molecule has 0 amide bonds. The molecule has 1 N–H and O–H groups in total. The number of amidine groups is 2. The van der Waals surface area contributed by atoms with Gasteiger partial charge < -0.3 is 18.9 Å². The fourth-order valence-corrected chi connectivity index (χ4v) is 12.1. The van der Waals surface area contributed by atoms with Crippen LogP contribution in [0.2, 0.25) is 0 Å². The number of fused-ring (bicyclic) bond motifs is 7. The van der Waals surface area contributed by atoms with Gasteiger partial charge in [-0.1, -0.05) is 219 Å². The smallest absolute Gasteiger partial charge is 0.162 e. The van der Waals surface area contributed by atoms with Gasteiger partial charge in [-0.2, -0.15) is 0 Å². The lowest BCUT2D eigenvalue weighted by molar-refractivity contribution is 0.659. The van der Waals surface area contributed by atoms with Gasteiger partial charge in [-0.05, 0) is 97.9 Å². The summed E-state index contributed by atoms with van der Waals surface area (Å²) in [4.78, 5) is 11.0. The Morgan fingerprint density at radius 3 is 1.47 bits per heavy atom.